The number of amides is 1. The SMILES string of the molecule is Cc1cc(N2C(=O)C(=O)/C(=C(/O)c3ccccc3)C2c2cccc([N+](=O)[O-])c2)no1. The van der Waals surface area contributed by atoms with Crippen molar-refractivity contribution >= 4 is 29.0 Å². The number of non-ortho nitro benzene ring substituents is 1. The number of benzene rings is 2. The summed E-state index contributed by atoms with van der Waals surface area (Å²) < 4.78 is 5.05. The smallest absolute Gasteiger partial charge is 0.301 e. The van der Waals surface area contributed by atoms with Crippen LogP contribution < -0.4 is 4.90 Å². The predicted molar refractivity (Wildman–Crippen MR) is 106 cm³/mol. The fourth-order valence-corrected chi connectivity index (χ4v) is 3.41. The van der Waals surface area contributed by atoms with E-state index in [-0.39, 0.29) is 28.4 Å². The summed E-state index contributed by atoms with van der Waals surface area (Å²) in [6.45, 7) is 1.62. The molecule has 9 nitrogen and oxygen atoms in total. The number of ketones is 1. The minimum atomic E-state index is -1.12. The molecule has 0 radical (unpaired) electrons. The number of rotatable bonds is 4. The average Bonchev–Trinajstić information content (AvgIpc) is 3.29. The number of Topliss-reactive ketones (excluding diaryl/α,β-unsaturated/α-hetero) is 1. The molecule has 1 unspecified atom stereocenters. The minimum Gasteiger partial charge on any atom is -0.507 e. The van der Waals surface area contributed by atoms with Crippen LogP contribution in [0.2, 0.25) is 0 Å². The highest BCUT2D eigenvalue weighted by Gasteiger charge is 2.48. The zero-order valence-corrected chi connectivity index (χ0v) is 15.7. The highest BCUT2D eigenvalue weighted by atomic mass is 16.6. The molecule has 0 saturated carbocycles. The summed E-state index contributed by atoms with van der Waals surface area (Å²) in [6, 6.07) is 14.2. The van der Waals surface area contributed by atoms with Crippen molar-refractivity contribution in [1.82, 2.24) is 5.16 Å². The number of aliphatic hydroxyl groups is 1. The van der Waals surface area contributed by atoms with Crippen molar-refractivity contribution in [3.63, 3.8) is 0 Å². The molecular formula is C21H15N3O6. The Labute approximate surface area is 170 Å². The van der Waals surface area contributed by atoms with Gasteiger partial charge in [-0.25, -0.2) is 0 Å². The van der Waals surface area contributed by atoms with Crippen LogP contribution >= 0.6 is 0 Å². The molecule has 30 heavy (non-hydrogen) atoms. The fourth-order valence-electron chi connectivity index (χ4n) is 3.41. The first-order chi connectivity index (χ1) is 14.4. The number of carbonyl (C=O) groups excluding carboxylic acids is 2. The van der Waals surface area contributed by atoms with Gasteiger partial charge in [-0.05, 0) is 12.5 Å². The van der Waals surface area contributed by atoms with E-state index in [1.54, 1.807) is 43.3 Å². The van der Waals surface area contributed by atoms with E-state index in [2.05, 4.69) is 5.16 Å². The summed E-state index contributed by atoms with van der Waals surface area (Å²) in [5, 5.41) is 26.0. The van der Waals surface area contributed by atoms with Gasteiger partial charge in [0.15, 0.2) is 5.82 Å². The number of aryl methyl sites for hydroxylation is 1. The number of nitro benzene ring substituents is 1. The number of carbonyl (C=O) groups is 2. The Morgan fingerprint density at radius 3 is 2.50 bits per heavy atom. The summed E-state index contributed by atoms with van der Waals surface area (Å²) in [7, 11) is 0. The first-order valence-electron chi connectivity index (χ1n) is 8.92. The van der Waals surface area contributed by atoms with Crippen LogP contribution in [0.15, 0.2) is 70.8 Å². The first-order valence-corrected chi connectivity index (χ1v) is 8.92. The highest BCUT2D eigenvalue weighted by molar-refractivity contribution is 6.51. The van der Waals surface area contributed by atoms with Gasteiger partial charge in [-0.1, -0.05) is 47.6 Å². The zero-order valence-electron chi connectivity index (χ0n) is 15.7. The van der Waals surface area contributed by atoms with Crippen LogP contribution in [-0.2, 0) is 9.59 Å². The Hall–Kier alpha value is -4.27. The third-order valence-corrected chi connectivity index (χ3v) is 4.75. The Bertz CT molecular complexity index is 1200. The van der Waals surface area contributed by atoms with E-state index < -0.39 is 22.7 Å². The molecule has 1 aliphatic rings. The number of nitro groups is 1. The van der Waals surface area contributed by atoms with Gasteiger partial charge in [0.1, 0.15) is 11.5 Å². The third-order valence-electron chi connectivity index (χ3n) is 4.75. The molecule has 2 aromatic carbocycles. The van der Waals surface area contributed by atoms with Gasteiger partial charge in [0, 0.05) is 23.8 Å². The van der Waals surface area contributed by atoms with Gasteiger partial charge in [0.25, 0.3) is 11.5 Å². The van der Waals surface area contributed by atoms with Gasteiger partial charge < -0.3 is 9.63 Å². The molecule has 1 atom stereocenters. The lowest BCUT2D eigenvalue weighted by Crippen LogP contribution is -2.29. The van der Waals surface area contributed by atoms with Crippen LogP contribution in [0.4, 0.5) is 11.5 Å². The van der Waals surface area contributed by atoms with Crippen molar-refractivity contribution in [2.75, 3.05) is 4.90 Å². The summed E-state index contributed by atoms with van der Waals surface area (Å²) in [5.41, 5.74) is 0.213. The molecule has 0 aliphatic carbocycles. The van der Waals surface area contributed by atoms with Crippen molar-refractivity contribution < 1.29 is 24.1 Å². The molecule has 1 aliphatic heterocycles. The molecule has 2 heterocycles. The van der Waals surface area contributed by atoms with Gasteiger partial charge in [-0.3, -0.25) is 24.6 Å². The maximum Gasteiger partial charge on any atom is 0.301 e. The molecule has 1 aromatic heterocycles. The lowest BCUT2D eigenvalue weighted by Gasteiger charge is -2.22. The van der Waals surface area contributed by atoms with Crippen LogP contribution in [0, 0.1) is 17.0 Å². The van der Waals surface area contributed by atoms with Crippen LogP contribution in [0.1, 0.15) is 22.9 Å². The monoisotopic (exact) mass is 405 g/mol. The summed E-state index contributed by atoms with van der Waals surface area (Å²) in [4.78, 5) is 37.5. The standard InChI is InChI=1S/C21H15N3O6/c1-12-10-16(22-30-12)23-18(14-8-5-9-15(11-14)24(28)29)17(20(26)21(23)27)19(25)13-6-3-2-4-7-13/h2-11,18,25H,1H3/b19-17+. The Morgan fingerprint density at radius 2 is 1.87 bits per heavy atom. The maximum absolute atomic E-state index is 12.9. The fraction of sp³-hybridized carbons (Fsp3) is 0.0952. The second-order valence-corrected chi connectivity index (χ2v) is 6.68. The van der Waals surface area contributed by atoms with Gasteiger partial charge in [-0.15, -0.1) is 0 Å². The van der Waals surface area contributed by atoms with E-state index >= 15 is 0 Å². The van der Waals surface area contributed by atoms with Crippen LogP contribution in [0.3, 0.4) is 0 Å². The second kappa shape index (κ2) is 7.28. The third kappa shape index (κ3) is 3.12. The van der Waals surface area contributed by atoms with Gasteiger partial charge in [0.05, 0.1) is 16.5 Å². The number of aromatic nitrogens is 1. The Morgan fingerprint density at radius 1 is 1.13 bits per heavy atom. The van der Waals surface area contributed by atoms with Crippen molar-refractivity contribution in [2.24, 2.45) is 0 Å². The van der Waals surface area contributed by atoms with E-state index in [1.807, 2.05) is 0 Å². The molecule has 1 fully saturated rings. The lowest BCUT2D eigenvalue weighted by atomic mass is 9.95. The van der Waals surface area contributed by atoms with Crippen LogP contribution in [0.25, 0.3) is 5.76 Å². The normalized spacial score (nSPS) is 18.0. The summed E-state index contributed by atoms with van der Waals surface area (Å²) in [5.74, 6) is -1.75. The lowest BCUT2D eigenvalue weighted by molar-refractivity contribution is -0.384. The second-order valence-electron chi connectivity index (χ2n) is 6.68. The maximum atomic E-state index is 12.9. The van der Waals surface area contributed by atoms with Crippen LogP contribution in [0.5, 0.6) is 0 Å². The predicted octanol–water partition coefficient (Wildman–Crippen LogP) is 3.52. The molecule has 3 aromatic rings. The van der Waals surface area contributed by atoms with E-state index in [4.69, 9.17) is 4.52 Å². The quantitative estimate of drug-likeness (QED) is 0.231. The highest BCUT2D eigenvalue weighted by Crippen LogP contribution is 2.42. The van der Waals surface area contributed by atoms with Crippen molar-refractivity contribution in [1.29, 1.82) is 0 Å². The van der Waals surface area contributed by atoms with E-state index in [0.717, 1.165) is 4.90 Å². The van der Waals surface area contributed by atoms with Crippen molar-refractivity contribution in [3.8, 4) is 0 Å². The molecule has 1 saturated heterocycles. The van der Waals surface area contributed by atoms with Crippen LogP contribution in [-0.4, -0.2) is 26.9 Å². The number of hydrogen-bond acceptors (Lipinski definition) is 7. The molecular weight excluding hydrogens is 390 g/mol. The van der Waals surface area contributed by atoms with Crippen molar-refractivity contribution in [3.05, 3.63) is 93.2 Å². The average molecular weight is 405 g/mol. The molecule has 0 bridgehead atoms. The number of anilines is 1. The van der Waals surface area contributed by atoms with Crippen molar-refractivity contribution in [2.45, 2.75) is 13.0 Å². The molecule has 4 rings (SSSR count). The molecule has 1 amide bonds. The Kier molecular flexibility index (Phi) is 4.63. The summed E-state index contributed by atoms with van der Waals surface area (Å²) >= 11 is 0. The number of aliphatic hydroxyl groups excluding tert-OH is 1. The number of hydrogen-bond donors (Lipinski definition) is 1. The Balaban J connectivity index is 1.97. The molecule has 9 heteroatoms. The minimum absolute atomic E-state index is 0.0678. The van der Waals surface area contributed by atoms with E-state index in [0.29, 0.717) is 11.3 Å². The van der Waals surface area contributed by atoms with Gasteiger partial charge in [-0.2, -0.15) is 0 Å². The van der Waals surface area contributed by atoms with E-state index in [1.165, 1.54) is 24.3 Å². The molecule has 0 spiro atoms. The molecule has 150 valence electrons. The molecule has 1 N–H and O–H groups in total. The zero-order chi connectivity index (χ0) is 21.4. The largest absolute Gasteiger partial charge is 0.507 e. The van der Waals surface area contributed by atoms with Gasteiger partial charge >= 0.3 is 5.91 Å². The summed E-state index contributed by atoms with van der Waals surface area (Å²) in [6.07, 6.45) is 0. The topological polar surface area (TPSA) is 127 Å². The first kappa shape index (κ1) is 19.1. The van der Waals surface area contributed by atoms with E-state index in [9.17, 15) is 24.8 Å². The number of nitrogens with zero attached hydrogens (tertiary/aromatic N) is 3. The van der Waals surface area contributed by atoms with Gasteiger partial charge in [0.2, 0.25) is 0 Å².